The van der Waals surface area contributed by atoms with Gasteiger partial charge < -0.3 is 14.8 Å². The van der Waals surface area contributed by atoms with E-state index in [1.165, 1.54) is 0 Å². The number of carbonyl (C=O) groups is 1. The molecule has 4 aromatic rings. The molecule has 1 heterocycles. The first-order chi connectivity index (χ1) is 16.0. The van der Waals surface area contributed by atoms with Gasteiger partial charge in [0.25, 0.3) is 5.91 Å². The summed E-state index contributed by atoms with van der Waals surface area (Å²) in [4.78, 5) is 12.7. The van der Waals surface area contributed by atoms with Gasteiger partial charge in [-0.2, -0.15) is 5.10 Å². The van der Waals surface area contributed by atoms with Gasteiger partial charge in [0.1, 0.15) is 23.1 Å². The molecule has 0 aliphatic rings. The minimum Gasteiger partial charge on any atom is -0.497 e. The number of nitrogens with zero attached hydrogens (tertiary/aromatic N) is 2. The van der Waals surface area contributed by atoms with Crippen LogP contribution in [0.5, 0.6) is 11.5 Å². The zero-order chi connectivity index (χ0) is 23.2. The predicted octanol–water partition coefficient (Wildman–Crippen LogP) is 6.08. The Morgan fingerprint density at radius 2 is 1.64 bits per heavy atom. The van der Waals surface area contributed by atoms with E-state index in [9.17, 15) is 4.79 Å². The lowest BCUT2D eigenvalue weighted by molar-refractivity contribution is 0.102. The maximum absolute atomic E-state index is 12.7. The van der Waals surface area contributed by atoms with E-state index in [2.05, 4.69) is 10.4 Å². The molecule has 8 heteroatoms. The van der Waals surface area contributed by atoms with Gasteiger partial charge in [0.2, 0.25) is 0 Å². The van der Waals surface area contributed by atoms with E-state index in [0.29, 0.717) is 34.6 Å². The summed E-state index contributed by atoms with van der Waals surface area (Å²) in [5.41, 5.74) is 2.33. The first kappa shape index (κ1) is 22.7. The number of hydrogen-bond acceptors (Lipinski definition) is 4. The quantitative estimate of drug-likeness (QED) is 0.331. The molecule has 1 amide bonds. The van der Waals surface area contributed by atoms with Gasteiger partial charge in [-0.25, -0.2) is 0 Å². The van der Waals surface area contributed by atoms with E-state index in [-0.39, 0.29) is 5.91 Å². The van der Waals surface area contributed by atoms with Crippen LogP contribution in [-0.4, -0.2) is 22.8 Å². The summed E-state index contributed by atoms with van der Waals surface area (Å²) in [7, 11) is 1.62. The van der Waals surface area contributed by atoms with Crippen molar-refractivity contribution in [3.05, 3.63) is 106 Å². The van der Waals surface area contributed by atoms with Crippen LogP contribution in [0.4, 0.5) is 5.82 Å². The highest BCUT2D eigenvalue weighted by Crippen LogP contribution is 2.23. The number of carbonyl (C=O) groups excluding carboxylic acids is 1. The standard InChI is InChI=1S/C25H21Cl2N3O3/c1-32-20-10-12-21(13-11-20)33-16-17-6-8-18(9-7-17)25(31)28-24-23(27)15-30(29-24)14-19-4-2-3-5-22(19)26/h2-13,15H,14,16H2,1H3,(H,28,29,31). The van der Waals surface area contributed by atoms with Crippen molar-refractivity contribution in [3.8, 4) is 11.5 Å². The Hall–Kier alpha value is -3.48. The molecule has 6 nitrogen and oxygen atoms in total. The van der Waals surface area contributed by atoms with Gasteiger partial charge in [0.15, 0.2) is 5.82 Å². The fraction of sp³-hybridized carbons (Fsp3) is 0.120. The molecular formula is C25H21Cl2N3O3. The number of halogens is 2. The van der Waals surface area contributed by atoms with Gasteiger partial charge in [0.05, 0.1) is 13.7 Å². The van der Waals surface area contributed by atoms with Gasteiger partial charge >= 0.3 is 0 Å². The van der Waals surface area contributed by atoms with Gasteiger partial charge in [-0.15, -0.1) is 0 Å². The molecule has 0 spiro atoms. The molecular weight excluding hydrogens is 461 g/mol. The van der Waals surface area contributed by atoms with Gasteiger partial charge in [-0.1, -0.05) is 53.5 Å². The van der Waals surface area contributed by atoms with Crippen LogP contribution in [0.25, 0.3) is 0 Å². The normalized spacial score (nSPS) is 10.6. The van der Waals surface area contributed by atoms with E-state index >= 15 is 0 Å². The Bertz CT molecular complexity index is 1240. The van der Waals surface area contributed by atoms with Crippen LogP contribution < -0.4 is 14.8 Å². The van der Waals surface area contributed by atoms with Crippen molar-refractivity contribution in [3.63, 3.8) is 0 Å². The SMILES string of the molecule is COc1ccc(OCc2ccc(C(=O)Nc3nn(Cc4ccccc4Cl)cc3Cl)cc2)cc1. The highest BCUT2D eigenvalue weighted by Gasteiger charge is 2.13. The molecule has 0 bridgehead atoms. The molecule has 1 N–H and O–H groups in total. The summed E-state index contributed by atoms with van der Waals surface area (Å²) in [6.07, 6.45) is 1.65. The average Bonchev–Trinajstić information content (AvgIpc) is 3.18. The lowest BCUT2D eigenvalue weighted by Gasteiger charge is -2.08. The van der Waals surface area contributed by atoms with Gasteiger partial charge in [-0.05, 0) is 53.6 Å². The summed E-state index contributed by atoms with van der Waals surface area (Å²) in [5, 5.41) is 8.12. The summed E-state index contributed by atoms with van der Waals surface area (Å²) < 4.78 is 12.5. The van der Waals surface area contributed by atoms with E-state index in [0.717, 1.165) is 22.6 Å². The van der Waals surface area contributed by atoms with Crippen LogP contribution >= 0.6 is 23.2 Å². The number of methoxy groups -OCH3 is 1. The minimum absolute atomic E-state index is 0.292. The van der Waals surface area contributed by atoms with Crippen LogP contribution in [0.1, 0.15) is 21.5 Å². The molecule has 0 atom stereocenters. The van der Waals surface area contributed by atoms with Crippen LogP contribution in [0.3, 0.4) is 0 Å². The minimum atomic E-state index is -0.303. The molecule has 168 valence electrons. The summed E-state index contributed by atoms with van der Waals surface area (Å²) in [6, 6.07) is 22.0. The third kappa shape index (κ3) is 5.86. The van der Waals surface area contributed by atoms with Crippen LogP contribution in [-0.2, 0) is 13.2 Å². The molecule has 0 aliphatic carbocycles. The molecule has 3 aromatic carbocycles. The number of amides is 1. The predicted molar refractivity (Wildman–Crippen MR) is 130 cm³/mol. The summed E-state index contributed by atoms with van der Waals surface area (Å²) in [6.45, 7) is 0.824. The molecule has 0 radical (unpaired) electrons. The second-order valence-electron chi connectivity index (χ2n) is 7.23. The lowest BCUT2D eigenvalue weighted by atomic mass is 10.1. The third-order valence-electron chi connectivity index (χ3n) is 4.92. The fourth-order valence-electron chi connectivity index (χ4n) is 3.13. The Balaban J connectivity index is 1.35. The van der Waals surface area contributed by atoms with E-state index < -0.39 is 0 Å². The average molecular weight is 482 g/mol. The van der Waals surface area contributed by atoms with Gasteiger partial charge in [0, 0.05) is 16.8 Å². The van der Waals surface area contributed by atoms with Crippen LogP contribution in [0.15, 0.2) is 79.0 Å². The van der Waals surface area contributed by atoms with Crippen molar-refractivity contribution in [1.82, 2.24) is 9.78 Å². The number of anilines is 1. The topological polar surface area (TPSA) is 65.4 Å². The Labute approximate surface area is 201 Å². The van der Waals surface area contributed by atoms with Crippen molar-refractivity contribution in [2.75, 3.05) is 12.4 Å². The molecule has 0 saturated heterocycles. The number of benzene rings is 3. The summed E-state index contributed by atoms with van der Waals surface area (Å²) in [5.74, 6) is 1.49. The van der Waals surface area contributed by atoms with Crippen LogP contribution in [0.2, 0.25) is 10.0 Å². The molecule has 0 fully saturated rings. The van der Waals surface area contributed by atoms with Crippen molar-refractivity contribution in [1.29, 1.82) is 0 Å². The van der Waals surface area contributed by atoms with E-state index in [1.54, 1.807) is 30.1 Å². The summed E-state index contributed by atoms with van der Waals surface area (Å²) >= 11 is 12.5. The Morgan fingerprint density at radius 3 is 2.33 bits per heavy atom. The maximum Gasteiger partial charge on any atom is 0.256 e. The zero-order valence-corrected chi connectivity index (χ0v) is 19.3. The monoisotopic (exact) mass is 481 g/mol. The Morgan fingerprint density at radius 1 is 0.939 bits per heavy atom. The smallest absolute Gasteiger partial charge is 0.256 e. The number of rotatable bonds is 8. The largest absolute Gasteiger partial charge is 0.497 e. The van der Waals surface area contributed by atoms with Crippen LogP contribution in [0, 0.1) is 0 Å². The van der Waals surface area contributed by atoms with Crippen molar-refractivity contribution < 1.29 is 14.3 Å². The first-order valence-electron chi connectivity index (χ1n) is 10.2. The highest BCUT2D eigenvalue weighted by molar-refractivity contribution is 6.33. The Kier molecular flexibility index (Phi) is 7.17. The first-order valence-corrected chi connectivity index (χ1v) is 10.9. The number of aromatic nitrogens is 2. The third-order valence-corrected chi connectivity index (χ3v) is 5.57. The van der Waals surface area contributed by atoms with Crippen molar-refractivity contribution in [2.24, 2.45) is 0 Å². The number of ether oxygens (including phenoxy) is 2. The second-order valence-corrected chi connectivity index (χ2v) is 8.04. The lowest BCUT2D eigenvalue weighted by Crippen LogP contribution is -2.13. The molecule has 4 rings (SSSR count). The molecule has 1 aromatic heterocycles. The van der Waals surface area contributed by atoms with E-state index in [4.69, 9.17) is 32.7 Å². The second kappa shape index (κ2) is 10.4. The van der Waals surface area contributed by atoms with E-state index in [1.807, 2.05) is 60.7 Å². The molecule has 0 aliphatic heterocycles. The molecule has 0 saturated carbocycles. The number of nitrogens with one attached hydrogen (secondary N) is 1. The maximum atomic E-state index is 12.7. The number of hydrogen-bond donors (Lipinski definition) is 1. The highest BCUT2D eigenvalue weighted by atomic mass is 35.5. The van der Waals surface area contributed by atoms with Crippen molar-refractivity contribution in [2.45, 2.75) is 13.2 Å². The molecule has 0 unspecified atom stereocenters. The fourth-order valence-corrected chi connectivity index (χ4v) is 3.53. The van der Waals surface area contributed by atoms with Crippen molar-refractivity contribution >= 4 is 34.9 Å². The van der Waals surface area contributed by atoms with Gasteiger partial charge in [-0.3, -0.25) is 9.48 Å². The molecule has 33 heavy (non-hydrogen) atoms. The zero-order valence-electron chi connectivity index (χ0n) is 17.8.